The lowest BCUT2D eigenvalue weighted by atomic mass is 9.94. The molecule has 9 heteroatoms. The number of ether oxygens (including phenoxy) is 1. The molecule has 0 atom stereocenters. The Bertz CT molecular complexity index is 1010. The summed E-state index contributed by atoms with van der Waals surface area (Å²) in [5, 5.41) is -0.0226. The molecule has 3 heterocycles. The molecule has 1 aromatic carbocycles. The van der Waals surface area contributed by atoms with E-state index in [1.165, 1.54) is 0 Å². The third-order valence-corrected chi connectivity index (χ3v) is 7.02. The van der Waals surface area contributed by atoms with E-state index in [1.54, 1.807) is 0 Å². The highest BCUT2D eigenvalue weighted by atomic mass is 35.5. The molecule has 184 valence electrons. The smallest absolute Gasteiger partial charge is 0.417 e. The number of alkyl halides is 3. The molecule has 0 radical (unpaired) electrons. The zero-order valence-corrected chi connectivity index (χ0v) is 20.1. The van der Waals surface area contributed by atoms with Crippen LogP contribution in [0.5, 0.6) is 5.75 Å². The van der Waals surface area contributed by atoms with Crippen LogP contribution in [0.25, 0.3) is 0 Å². The maximum atomic E-state index is 13.1. The molecule has 0 saturated carbocycles. The summed E-state index contributed by atoms with van der Waals surface area (Å²) < 4.78 is 44.9. The predicted molar refractivity (Wildman–Crippen MR) is 125 cm³/mol. The number of likely N-dealkylation sites (tertiary alicyclic amines) is 1. The number of halogens is 4. The summed E-state index contributed by atoms with van der Waals surface area (Å²) >= 11 is 6.09. The Balaban J connectivity index is 1.28. The number of hydrogen-bond donors (Lipinski definition) is 0. The van der Waals surface area contributed by atoms with Crippen LogP contribution < -0.4 is 9.64 Å². The van der Waals surface area contributed by atoms with Crippen LogP contribution >= 0.6 is 11.6 Å². The molecule has 4 rings (SSSR count). The van der Waals surface area contributed by atoms with Crippen molar-refractivity contribution in [2.75, 3.05) is 31.1 Å². The number of pyridine rings is 1. The summed E-state index contributed by atoms with van der Waals surface area (Å²) in [7, 11) is 0. The van der Waals surface area contributed by atoms with Gasteiger partial charge in [-0.15, -0.1) is 0 Å². The molecule has 2 aliphatic rings. The molecular weight excluding hydrogens is 467 g/mol. The zero-order chi connectivity index (χ0) is 24.5. The topological polar surface area (TPSA) is 45.7 Å². The lowest BCUT2D eigenvalue weighted by Gasteiger charge is -2.38. The number of amides is 1. The number of carbonyl (C=O) groups excluding carboxylic acids is 1. The Morgan fingerprint density at radius 1 is 1.06 bits per heavy atom. The highest BCUT2D eigenvalue weighted by molar-refractivity contribution is 6.33. The van der Waals surface area contributed by atoms with E-state index >= 15 is 0 Å². The second-order valence-corrected chi connectivity index (χ2v) is 9.56. The van der Waals surface area contributed by atoms with Crippen LogP contribution in [0, 0.1) is 19.8 Å². The van der Waals surface area contributed by atoms with Crippen LogP contribution in [0.2, 0.25) is 5.02 Å². The van der Waals surface area contributed by atoms with E-state index in [4.69, 9.17) is 16.3 Å². The molecular formula is C25H29ClF3N3O2. The molecule has 0 spiro atoms. The first kappa shape index (κ1) is 24.6. The molecule has 5 nitrogen and oxygen atoms in total. The monoisotopic (exact) mass is 495 g/mol. The van der Waals surface area contributed by atoms with Gasteiger partial charge in [-0.25, -0.2) is 4.98 Å². The second kappa shape index (κ2) is 10.0. The van der Waals surface area contributed by atoms with Crippen LogP contribution in [0.15, 0.2) is 30.5 Å². The van der Waals surface area contributed by atoms with Crippen LogP contribution in [0.1, 0.15) is 42.4 Å². The number of anilines is 1. The summed E-state index contributed by atoms with van der Waals surface area (Å²) in [6.07, 6.45) is -0.742. The number of piperidine rings is 2. The molecule has 0 N–H and O–H groups in total. The first-order valence-corrected chi connectivity index (χ1v) is 12.0. The Morgan fingerprint density at radius 2 is 1.68 bits per heavy atom. The quantitative estimate of drug-likeness (QED) is 0.549. The van der Waals surface area contributed by atoms with Gasteiger partial charge in [-0.05, 0) is 43.9 Å². The first-order chi connectivity index (χ1) is 16.1. The Morgan fingerprint density at radius 3 is 2.24 bits per heavy atom. The predicted octanol–water partition coefficient (Wildman–Crippen LogP) is 5.66. The van der Waals surface area contributed by atoms with Gasteiger partial charge < -0.3 is 14.5 Å². The molecule has 1 amide bonds. The maximum absolute atomic E-state index is 13.1. The van der Waals surface area contributed by atoms with Gasteiger partial charge in [0.2, 0.25) is 5.91 Å². The van der Waals surface area contributed by atoms with E-state index in [2.05, 4.69) is 4.98 Å². The van der Waals surface area contributed by atoms with Gasteiger partial charge in [-0.1, -0.05) is 29.8 Å². The fraction of sp³-hybridized carbons (Fsp3) is 0.520. The van der Waals surface area contributed by atoms with Crippen molar-refractivity contribution in [3.8, 4) is 5.75 Å². The van der Waals surface area contributed by atoms with E-state index in [0.29, 0.717) is 44.8 Å². The molecule has 2 aromatic rings. The number of benzene rings is 1. The molecule has 2 saturated heterocycles. The minimum Gasteiger partial charge on any atom is -0.490 e. The molecule has 2 fully saturated rings. The highest BCUT2D eigenvalue weighted by Crippen LogP contribution is 2.35. The van der Waals surface area contributed by atoms with E-state index in [0.717, 1.165) is 42.0 Å². The van der Waals surface area contributed by atoms with E-state index < -0.39 is 11.7 Å². The van der Waals surface area contributed by atoms with Gasteiger partial charge in [0.15, 0.2) is 0 Å². The van der Waals surface area contributed by atoms with Crippen molar-refractivity contribution in [2.45, 2.75) is 51.8 Å². The molecule has 0 aliphatic carbocycles. The normalized spacial score (nSPS) is 18.3. The average molecular weight is 496 g/mol. The van der Waals surface area contributed by atoms with Gasteiger partial charge in [0.1, 0.15) is 17.7 Å². The van der Waals surface area contributed by atoms with Crippen LogP contribution in [-0.2, 0) is 11.0 Å². The Labute approximate surface area is 202 Å². The van der Waals surface area contributed by atoms with Gasteiger partial charge in [0, 0.05) is 51.1 Å². The number of para-hydroxylation sites is 1. The van der Waals surface area contributed by atoms with E-state index in [1.807, 2.05) is 41.8 Å². The van der Waals surface area contributed by atoms with Crippen LogP contribution in [0.3, 0.4) is 0 Å². The van der Waals surface area contributed by atoms with Crippen molar-refractivity contribution < 1.29 is 22.7 Å². The summed E-state index contributed by atoms with van der Waals surface area (Å²) in [6, 6.07) is 7.01. The van der Waals surface area contributed by atoms with Crippen LogP contribution in [0.4, 0.5) is 19.0 Å². The van der Waals surface area contributed by atoms with Crippen molar-refractivity contribution >= 4 is 23.3 Å². The molecule has 34 heavy (non-hydrogen) atoms. The lowest BCUT2D eigenvalue weighted by Crippen LogP contribution is -2.47. The molecule has 0 bridgehead atoms. The number of hydrogen-bond acceptors (Lipinski definition) is 4. The number of aryl methyl sites for hydroxylation is 2. The average Bonchev–Trinajstić information content (AvgIpc) is 2.81. The van der Waals surface area contributed by atoms with Gasteiger partial charge in [0.05, 0.1) is 10.6 Å². The fourth-order valence-electron chi connectivity index (χ4n) is 4.76. The Kier molecular flexibility index (Phi) is 7.26. The summed E-state index contributed by atoms with van der Waals surface area (Å²) in [6.45, 7) is 6.48. The SMILES string of the molecule is Cc1cccc(C)c1OC1CCN(C(=O)C2CCN(c3ncc(C(F)(F)F)cc3Cl)CC2)CC1. The van der Waals surface area contributed by atoms with Crippen LogP contribution in [-0.4, -0.2) is 48.1 Å². The standard InChI is InChI=1S/C25H29ClF3N3O2/c1-16-4-3-5-17(2)22(16)34-20-8-12-32(13-9-20)24(33)18-6-10-31(11-7-18)23-21(26)14-19(15-30-23)25(27,28)29/h3-5,14-15,18,20H,6-13H2,1-2H3. The number of rotatable bonds is 4. The van der Waals surface area contributed by atoms with Gasteiger partial charge >= 0.3 is 6.18 Å². The summed E-state index contributed by atoms with van der Waals surface area (Å²) in [4.78, 5) is 20.8. The van der Waals surface area contributed by atoms with Crippen molar-refractivity contribution in [1.29, 1.82) is 0 Å². The largest absolute Gasteiger partial charge is 0.490 e. The van der Waals surface area contributed by atoms with Crippen molar-refractivity contribution in [3.05, 3.63) is 52.2 Å². The number of nitrogens with zero attached hydrogens (tertiary/aromatic N) is 3. The minimum absolute atomic E-state index is 0.0226. The Hall–Kier alpha value is -2.48. The van der Waals surface area contributed by atoms with E-state index in [9.17, 15) is 18.0 Å². The fourth-order valence-corrected chi connectivity index (χ4v) is 5.05. The van der Waals surface area contributed by atoms with Crippen molar-refractivity contribution in [1.82, 2.24) is 9.88 Å². The van der Waals surface area contributed by atoms with Gasteiger partial charge in [-0.3, -0.25) is 4.79 Å². The molecule has 2 aliphatic heterocycles. The highest BCUT2D eigenvalue weighted by Gasteiger charge is 2.34. The number of aromatic nitrogens is 1. The molecule has 0 unspecified atom stereocenters. The van der Waals surface area contributed by atoms with Crippen molar-refractivity contribution in [2.24, 2.45) is 5.92 Å². The van der Waals surface area contributed by atoms with E-state index in [-0.39, 0.29) is 23.0 Å². The first-order valence-electron chi connectivity index (χ1n) is 11.6. The third kappa shape index (κ3) is 5.43. The third-order valence-electron chi connectivity index (χ3n) is 6.74. The summed E-state index contributed by atoms with van der Waals surface area (Å²) in [5.41, 5.74) is 1.37. The minimum atomic E-state index is -4.48. The second-order valence-electron chi connectivity index (χ2n) is 9.15. The van der Waals surface area contributed by atoms with Crippen molar-refractivity contribution in [3.63, 3.8) is 0 Å². The summed E-state index contributed by atoms with van der Waals surface area (Å²) in [5.74, 6) is 1.33. The lowest BCUT2D eigenvalue weighted by molar-refractivity contribution is -0.138. The maximum Gasteiger partial charge on any atom is 0.417 e. The van der Waals surface area contributed by atoms with Gasteiger partial charge in [0.25, 0.3) is 0 Å². The number of carbonyl (C=O) groups is 1. The van der Waals surface area contributed by atoms with Gasteiger partial charge in [-0.2, -0.15) is 13.2 Å². The molecule has 1 aromatic heterocycles. The zero-order valence-electron chi connectivity index (χ0n) is 19.4.